The van der Waals surface area contributed by atoms with Crippen LogP contribution >= 0.6 is 0 Å². The molecular weight excluding hydrogens is 88.1 g/mol. The molecule has 0 aromatic carbocycles. The lowest BCUT2D eigenvalue weighted by Gasteiger charge is -1.92. The second-order valence-corrected chi connectivity index (χ2v) is 2.05. The largest absolute Gasteiger partial charge is 0.513 e. The summed E-state index contributed by atoms with van der Waals surface area (Å²) in [5.41, 5.74) is 0. The van der Waals surface area contributed by atoms with Gasteiger partial charge in [-0.2, -0.15) is 0 Å². The Kier molecular flexibility index (Phi) is 2.49. The Labute approximate surface area is 44.7 Å². The Morgan fingerprint density at radius 3 is 2.00 bits per heavy atom. The summed E-state index contributed by atoms with van der Waals surface area (Å²) in [6.45, 7) is 5.74. The van der Waals surface area contributed by atoms with Gasteiger partial charge in [-0.25, -0.2) is 0 Å². The Balaban J connectivity index is 3.45. The molecule has 42 valence electrons. The van der Waals surface area contributed by atoms with Crippen LogP contribution in [0, 0.1) is 5.92 Å². The summed E-state index contributed by atoms with van der Waals surface area (Å²) in [6, 6.07) is 0. The molecule has 0 heterocycles. The topological polar surface area (TPSA) is 20.2 Å². The molecule has 1 nitrogen and oxygen atoms in total. The first-order valence-corrected chi connectivity index (χ1v) is 2.50. The minimum Gasteiger partial charge on any atom is -0.513 e. The van der Waals surface area contributed by atoms with Crippen molar-refractivity contribution in [1.82, 2.24) is 0 Å². The number of allylic oxidation sites excluding steroid dienone is 2. The third-order valence-electron chi connectivity index (χ3n) is 0.575. The van der Waals surface area contributed by atoms with Crippen LogP contribution in [0.5, 0.6) is 0 Å². The van der Waals surface area contributed by atoms with E-state index in [2.05, 4.69) is 0 Å². The van der Waals surface area contributed by atoms with Crippen LogP contribution in [0.1, 0.15) is 20.8 Å². The predicted octanol–water partition coefficient (Wildman–Crippen LogP) is 2.10. The fourth-order valence-electron chi connectivity index (χ4n) is 0.482. The van der Waals surface area contributed by atoms with E-state index in [4.69, 9.17) is 5.11 Å². The number of rotatable bonds is 1. The molecule has 1 heteroatoms. The van der Waals surface area contributed by atoms with Crippen molar-refractivity contribution in [1.29, 1.82) is 0 Å². The molecule has 0 aliphatic rings. The molecule has 0 radical (unpaired) electrons. The Bertz CT molecular complexity index is 68.2. The molecule has 0 spiro atoms. The van der Waals surface area contributed by atoms with E-state index in [1.165, 1.54) is 0 Å². The molecule has 0 aromatic rings. The van der Waals surface area contributed by atoms with Crippen molar-refractivity contribution < 1.29 is 5.11 Å². The van der Waals surface area contributed by atoms with Gasteiger partial charge in [-0.3, -0.25) is 0 Å². The maximum Gasteiger partial charge on any atom is 0.0854 e. The minimum atomic E-state index is 0.412. The van der Waals surface area contributed by atoms with Crippen LogP contribution in [0.2, 0.25) is 0 Å². The van der Waals surface area contributed by atoms with E-state index in [1.807, 2.05) is 13.8 Å². The van der Waals surface area contributed by atoms with E-state index in [0.717, 1.165) is 0 Å². The van der Waals surface area contributed by atoms with Crippen LogP contribution in [0.3, 0.4) is 0 Å². The monoisotopic (exact) mass is 100 g/mol. The summed E-state index contributed by atoms with van der Waals surface area (Å²) < 4.78 is 0. The lowest BCUT2D eigenvalue weighted by molar-refractivity contribution is 0.408. The Morgan fingerprint density at radius 2 is 2.00 bits per heavy atom. The molecular formula is C6H12O. The van der Waals surface area contributed by atoms with Gasteiger partial charge in [0.05, 0.1) is 5.76 Å². The standard InChI is InChI=1S/C6H12O/c1-5(2)4-6(3)7/h4-5,7H,1-3H3/b6-4+. The fourth-order valence-corrected chi connectivity index (χ4v) is 0.482. The molecule has 0 unspecified atom stereocenters. The summed E-state index contributed by atoms with van der Waals surface area (Å²) >= 11 is 0. The molecule has 7 heavy (non-hydrogen) atoms. The molecule has 0 amide bonds. The maximum atomic E-state index is 8.58. The molecule has 0 saturated carbocycles. The predicted molar refractivity (Wildman–Crippen MR) is 31.2 cm³/mol. The van der Waals surface area contributed by atoms with Crippen LogP contribution in [0.25, 0.3) is 0 Å². The van der Waals surface area contributed by atoms with Gasteiger partial charge in [0.2, 0.25) is 0 Å². The van der Waals surface area contributed by atoms with Gasteiger partial charge in [0.15, 0.2) is 0 Å². The van der Waals surface area contributed by atoms with Gasteiger partial charge in [0.1, 0.15) is 0 Å². The first-order valence-electron chi connectivity index (χ1n) is 2.50. The molecule has 0 atom stereocenters. The van der Waals surface area contributed by atoms with E-state index in [1.54, 1.807) is 13.0 Å². The minimum absolute atomic E-state index is 0.412. The highest BCUT2D eigenvalue weighted by Crippen LogP contribution is 1.96. The van der Waals surface area contributed by atoms with Gasteiger partial charge in [-0.15, -0.1) is 0 Å². The molecule has 0 aliphatic heterocycles. The average Bonchev–Trinajstić information content (AvgIpc) is 1.27. The van der Waals surface area contributed by atoms with E-state index >= 15 is 0 Å². The summed E-state index contributed by atoms with van der Waals surface area (Å²) in [5.74, 6) is 0.875. The van der Waals surface area contributed by atoms with Gasteiger partial charge in [-0.05, 0) is 18.9 Å². The zero-order valence-electron chi connectivity index (χ0n) is 5.10. The molecule has 0 aromatic heterocycles. The van der Waals surface area contributed by atoms with Crippen LogP contribution in [0.15, 0.2) is 11.8 Å². The second kappa shape index (κ2) is 2.67. The lowest BCUT2D eigenvalue weighted by atomic mass is 10.2. The van der Waals surface area contributed by atoms with Crippen molar-refractivity contribution in [3.63, 3.8) is 0 Å². The molecule has 0 rings (SSSR count). The number of aliphatic hydroxyl groups excluding tert-OH is 1. The van der Waals surface area contributed by atoms with Crippen LogP contribution in [-0.2, 0) is 0 Å². The van der Waals surface area contributed by atoms with Crippen LogP contribution in [-0.4, -0.2) is 5.11 Å². The highest BCUT2D eigenvalue weighted by molar-refractivity contribution is 4.87. The molecule has 1 N–H and O–H groups in total. The van der Waals surface area contributed by atoms with Gasteiger partial charge in [0, 0.05) is 0 Å². The molecule has 0 aliphatic carbocycles. The van der Waals surface area contributed by atoms with Crippen molar-refractivity contribution in [3.05, 3.63) is 11.8 Å². The van der Waals surface area contributed by atoms with Crippen LogP contribution < -0.4 is 0 Å². The highest BCUT2D eigenvalue weighted by atomic mass is 16.3. The zero-order chi connectivity index (χ0) is 5.86. The van der Waals surface area contributed by atoms with Crippen molar-refractivity contribution in [2.75, 3.05) is 0 Å². The van der Waals surface area contributed by atoms with Crippen molar-refractivity contribution >= 4 is 0 Å². The summed E-state index contributed by atoms with van der Waals surface area (Å²) in [6.07, 6.45) is 1.81. The Hall–Kier alpha value is -0.460. The summed E-state index contributed by atoms with van der Waals surface area (Å²) in [7, 11) is 0. The number of hydrogen-bond donors (Lipinski definition) is 1. The van der Waals surface area contributed by atoms with Crippen molar-refractivity contribution in [2.24, 2.45) is 5.92 Å². The van der Waals surface area contributed by atoms with Gasteiger partial charge in [-0.1, -0.05) is 13.8 Å². The van der Waals surface area contributed by atoms with E-state index in [9.17, 15) is 0 Å². The number of hydrogen-bond acceptors (Lipinski definition) is 1. The molecule has 0 bridgehead atoms. The third kappa shape index (κ3) is 5.54. The normalized spacial score (nSPS) is 12.9. The quantitative estimate of drug-likeness (QED) is 0.500. The Morgan fingerprint density at radius 1 is 1.57 bits per heavy atom. The van der Waals surface area contributed by atoms with Crippen molar-refractivity contribution in [3.8, 4) is 0 Å². The second-order valence-electron chi connectivity index (χ2n) is 2.05. The fraction of sp³-hybridized carbons (Fsp3) is 0.667. The van der Waals surface area contributed by atoms with Crippen molar-refractivity contribution in [2.45, 2.75) is 20.8 Å². The van der Waals surface area contributed by atoms with Gasteiger partial charge in [0.25, 0.3) is 0 Å². The van der Waals surface area contributed by atoms with Gasteiger partial charge < -0.3 is 5.11 Å². The number of aliphatic hydroxyl groups is 1. The SMILES string of the molecule is C/C(O)=C\C(C)C. The van der Waals surface area contributed by atoms with E-state index in [0.29, 0.717) is 11.7 Å². The van der Waals surface area contributed by atoms with E-state index in [-0.39, 0.29) is 0 Å². The summed E-state index contributed by atoms with van der Waals surface area (Å²) in [5, 5.41) is 8.58. The van der Waals surface area contributed by atoms with Gasteiger partial charge >= 0.3 is 0 Å². The smallest absolute Gasteiger partial charge is 0.0854 e. The first kappa shape index (κ1) is 6.54. The first-order chi connectivity index (χ1) is 3.13. The van der Waals surface area contributed by atoms with E-state index < -0.39 is 0 Å². The highest BCUT2D eigenvalue weighted by Gasteiger charge is 1.84. The maximum absolute atomic E-state index is 8.58. The van der Waals surface area contributed by atoms with Crippen LogP contribution in [0.4, 0.5) is 0 Å². The third-order valence-corrected chi connectivity index (χ3v) is 0.575. The summed E-state index contributed by atoms with van der Waals surface area (Å²) in [4.78, 5) is 0. The molecule has 0 fully saturated rings. The zero-order valence-corrected chi connectivity index (χ0v) is 5.10. The average molecular weight is 100 g/mol. The lowest BCUT2D eigenvalue weighted by Crippen LogP contribution is -1.80. The molecule has 0 saturated heterocycles.